The summed E-state index contributed by atoms with van der Waals surface area (Å²) in [4.78, 5) is 18.5. The third kappa shape index (κ3) is 7.05. The number of hydrogen-bond donors (Lipinski definition) is 1. The van der Waals surface area contributed by atoms with Crippen molar-refractivity contribution in [3.63, 3.8) is 0 Å². The molecule has 0 aliphatic carbocycles. The Labute approximate surface area is 259 Å². The maximum Gasteiger partial charge on any atom is 0.407 e. The van der Waals surface area contributed by atoms with Gasteiger partial charge in [-0.25, -0.2) is 23.0 Å². The van der Waals surface area contributed by atoms with Crippen LogP contribution in [0.4, 0.5) is 29.3 Å². The number of nitrogens with zero attached hydrogens (tertiary/aromatic N) is 4. The number of nitrogens with one attached hydrogen (secondary N) is 1. The predicted molar refractivity (Wildman–Crippen MR) is 163 cm³/mol. The van der Waals surface area contributed by atoms with Gasteiger partial charge in [-0.2, -0.15) is 17.5 Å². The molecule has 1 saturated heterocycles. The summed E-state index contributed by atoms with van der Waals surface area (Å²) < 4.78 is 80.3. The number of methoxy groups -OCH3 is 2. The second-order valence-corrected chi connectivity index (χ2v) is 12.9. The standard InChI is InChI=1S/C31H32F3N5O5S/c1-30(2)28(35)39(23-10-15-27(36-3)26(18-23)31(32,33)34)29(40)38(30)16-17-45(41,42)37(19-21-6-11-24(43-4)12-7-21)20-22-8-13-25(44-5)14-9-22/h6-15,18,35H,16-17,19-20H2,1-2,4-5H3. The quantitative estimate of drug-likeness (QED) is 0.247. The van der Waals surface area contributed by atoms with Gasteiger partial charge >= 0.3 is 12.2 Å². The van der Waals surface area contributed by atoms with Crippen molar-refractivity contribution in [3.05, 3.63) is 94.8 Å². The summed E-state index contributed by atoms with van der Waals surface area (Å²) in [6.45, 7) is 9.81. The van der Waals surface area contributed by atoms with Crippen LogP contribution in [-0.2, 0) is 29.3 Å². The molecular formula is C31H32F3N5O5S. The van der Waals surface area contributed by atoms with Crippen LogP contribution in [-0.4, -0.2) is 61.5 Å². The van der Waals surface area contributed by atoms with Crippen molar-refractivity contribution >= 4 is 33.3 Å². The molecule has 0 atom stereocenters. The van der Waals surface area contributed by atoms with E-state index in [4.69, 9.17) is 21.5 Å². The Morgan fingerprint density at radius 3 is 1.89 bits per heavy atom. The highest BCUT2D eigenvalue weighted by molar-refractivity contribution is 7.89. The van der Waals surface area contributed by atoms with Crippen molar-refractivity contribution in [1.29, 1.82) is 5.41 Å². The molecule has 1 N–H and O–H groups in total. The second-order valence-electron chi connectivity index (χ2n) is 10.8. The number of ether oxygens (including phenoxy) is 2. The van der Waals surface area contributed by atoms with Crippen LogP contribution in [0.1, 0.15) is 30.5 Å². The van der Waals surface area contributed by atoms with Gasteiger partial charge in [-0.15, -0.1) is 0 Å². The molecule has 3 aromatic carbocycles. The first-order valence-corrected chi connectivity index (χ1v) is 15.3. The molecule has 1 aliphatic heterocycles. The van der Waals surface area contributed by atoms with Gasteiger partial charge in [-0.1, -0.05) is 30.3 Å². The summed E-state index contributed by atoms with van der Waals surface area (Å²) in [6, 6.07) is 15.8. The van der Waals surface area contributed by atoms with Crippen LogP contribution in [0.3, 0.4) is 0 Å². The number of halogens is 3. The lowest BCUT2D eigenvalue weighted by Gasteiger charge is -2.30. The molecule has 0 bridgehead atoms. The molecule has 10 nitrogen and oxygen atoms in total. The fourth-order valence-corrected chi connectivity index (χ4v) is 6.28. The number of urea groups is 1. The highest BCUT2D eigenvalue weighted by Crippen LogP contribution is 2.41. The van der Waals surface area contributed by atoms with E-state index in [1.807, 2.05) is 0 Å². The summed E-state index contributed by atoms with van der Waals surface area (Å²) in [6.07, 6.45) is -4.86. The molecule has 0 unspecified atom stereocenters. The molecule has 1 fully saturated rings. The second kappa shape index (κ2) is 12.8. The summed E-state index contributed by atoms with van der Waals surface area (Å²) in [7, 11) is -0.994. The third-order valence-corrected chi connectivity index (χ3v) is 9.31. The topological polar surface area (TPSA) is 108 Å². The molecule has 1 heterocycles. The molecule has 14 heteroatoms. The number of carbonyl (C=O) groups is 1. The lowest BCUT2D eigenvalue weighted by Crippen LogP contribution is -2.47. The smallest absolute Gasteiger partial charge is 0.407 e. The number of anilines is 1. The Hall–Kier alpha value is -4.61. The lowest BCUT2D eigenvalue weighted by atomic mass is 10.0. The molecular weight excluding hydrogens is 611 g/mol. The molecule has 1 aliphatic rings. The number of carbonyl (C=O) groups excluding carboxylic acids is 1. The minimum atomic E-state index is -4.86. The largest absolute Gasteiger partial charge is 0.497 e. The van der Waals surface area contributed by atoms with E-state index < -0.39 is 44.8 Å². The van der Waals surface area contributed by atoms with Crippen LogP contribution in [0, 0.1) is 12.0 Å². The SMILES string of the molecule is [C-]#[N+]c1ccc(N2C(=N)C(C)(C)N(CCS(=O)(=O)N(Cc3ccc(OC)cc3)Cc3ccc(OC)cc3)C2=O)cc1C(F)(F)F. The maximum absolute atomic E-state index is 13.8. The van der Waals surface area contributed by atoms with E-state index in [1.165, 1.54) is 32.4 Å². The number of hydrogen-bond acceptors (Lipinski definition) is 6. The summed E-state index contributed by atoms with van der Waals surface area (Å²) in [5, 5.41) is 8.66. The zero-order valence-corrected chi connectivity index (χ0v) is 25.9. The Balaban J connectivity index is 1.60. The maximum atomic E-state index is 13.8. The molecule has 3 aromatic rings. The zero-order chi connectivity index (χ0) is 33.2. The molecule has 0 saturated carbocycles. The predicted octanol–water partition coefficient (Wildman–Crippen LogP) is 6.30. The molecule has 238 valence electrons. The average molecular weight is 644 g/mol. The molecule has 0 radical (unpaired) electrons. The van der Waals surface area contributed by atoms with E-state index in [-0.39, 0.29) is 31.2 Å². The van der Waals surface area contributed by atoms with Crippen molar-refractivity contribution < 1.29 is 35.9 Å². The van der Waals surface area contributed by atoms with Gasteiger partial charge in [0.25, 0.3) is 0 Å². The normalized spacial score (nSPS) is 15.0. The number of benzene rings is 3. The summed E-state index contributed by atoms with van der Waals surface area (Å²) in [5.74, 6) is 0.370. The van der Waals surface area contributed by atoms with Gasteiger partial charge in [0.15, 0.2) is 5.69 Å². The summed E-state index contributed by atoms with van der Waals surface area (Å²) >= 11 is 0. The Morgan fingerprint density at radius 2 is 1.44 bits per heavy atom. The van der Waals surface area contributed by atoms with Gasteiger partial charge < -0.3 is 14.4 Å². The van der Waals surface area contributed by atoms with Gasteiger partial charge in [-0.05, 0) is 61.4 Å². The van der Waals surface area contributed by atoms with Crippen molar-refractivity contribution in [3.8, 4) is 11.5 Å². The van der Waals surface area contributed by atoms with Crippen LogP contribution in [0.5, 0.6) is 11.5 Å². The van der Waals surface area contributed by atoms with Crippen molar-refractivity contribution in [1.82, 2.24) is 9.21 Å². The van der Waals surface area contributed by atoms with Gasteiger partial charge in [0.2, 0.25) is 10.0 Å². The van der Waals surface area contributed by atoms with E-state index in [1.54, 1.807) is 48.5 Å². The molecule has 2 amide bonds. The lowest BCUT2D eigenvalue weighted by molar-refractivity contribution is -0.136. The highest BCUT2D eigenvalue weighted by atomic mass is 32.2. The van der Waals surface area contributed by atoms with E-state index in [0.29, 0.717) is 28.7 Å². The van der Waals surface area contributed by atoms with Crippen LogP contribution >= 0.6 is 0 Å². The van der Waals surface area contributed by atoms with E-state index >= 15 is 0 Å². The van der Waals surface area contributed by atoms with Crippen molar-refractivity contribution in [2.75, 3.05) is 31.4 Å². The third-order valence-electron chi connectivity index (χ3n) is 7.57. The average Bonchev–Trinajstić information content (AvgIpc) is 3.17. The molecule has 0 spiro atoms. The van der Waals surface area contributed by atoms with Gasteiger partial charge in [-0.3, -0.25) is 5.41 Å². The first-order valence-electron chi connectivity index (χ1n) is 13.7. The molecule has 45 heavy (non-hydrogen) atoms. The number of amides is 2. The first kappa shape index (κ1) is 33.3. The van der Waals surface area contributed by atoms with Crippen molar-refractivity contribution in [2.24, 2.45) is 0 Å². The number of amidine groups is 1. The Bertz CT molecular complexity index is 1670. The Morgan fingerprint density at radius 1 is 0.933 bits per heavy atom. The fourth-order valence-electron chi connectivity index (χ4n) is 4.92. The van der Waals surface area contributed by atoms with Gasteiger partial charge in [0.1, 0.15) is 17.3 Å². The van der Waals surface area contributed by atoms with Crippen LogP contribution < -0.4 is 14.4 Å². The van der Waals surface area contributed by atoms with Gasteiger partial charge in [0, 0.05) is 19.6 Å². The monoisotopic (exact) mass is 643 g/mol. The van der Waals surface area contributed by atoms with Crippen LogP contribution in [0.2, 0.25) is 0 Å². The van der Waals surface area contributed by atoms with E-state index in [9.17, 15) is 26.4 Å². The minimum Gasteiger partial charge on any atom is -0.497 e. The fraction of sp³-hybridized carbons (Fsp3) is 0.323. The summed E-state index contributed by atoms with van der Waals surface area (Å²) in [5.41, 5.74) is -2.07. The van der Waals surface area contributed by atoms with Crippen LogP contribution in [0.25, 0.3) is 4.85 Å². The van der Waals surface area contributed by atoms with Crippen molar-refractivity contribution in [2.45, 2.75) is 38.7 Å². The number of rotatable bonds is 11. The Kier molecular flexibility index (Phi) is 9.46. The highest BCUT2D eigenvalue weighted by Gasteiger charge is 2.50. The molecule has 0 aromatic heterocycles. The van der Waals surface area contributed by atoms with E-state index in [0.717, 1.165) is 21.9 Å². The zero-order valence-electron chi connectivity index (χ0n) is 25.1. The minimum absolute atomic E-state index is 0.0191. The van der Waals surface area contributed by atoms with Gasteiger partial charge in [0.05, 0.1) is 43.3 Å². The molecule has 4 rings (SSSR count). The van der Waals surface area contributed by atoms with E-state index in [2.05, 4.69) is 4.85 Å². The van der Waals surface area contributed by atoms with Crippen LogP contribution in [0.15, 0.2) is 66.7 Å². The first-order chi connectivity index (χ1) is 21.1. The number of sulfonamides is 1. The number of alkyl halides is 3.